The van der Waals surface area contributed by atoms with E-state index in [1.165, 1.54) is 37.5 Å². The number of hydrogen-bond acceptors (Lipinski definition) is 5. The van der Waals surface area contributed by atoms with E-state index in [1.807, 2.05) is 34.7 Å². The van der Waals surface area contributed by atoms with E-state index in [-0.39, 0.29) is 5.91 Å². The zero-order chi connectivity index (χ0) is 21.9. The van der Waals surface area contributed by atoms with Crippen LogP contribution in [0.3, 0.4) is 0 Å². The normalized spacial score (nSPS) is 17.7. The number of anilines is 2. The van der Waals surface area contributed by atoms with Gasteiger partial charge in [0.15, 0.2) is 0 Å². The first-order valence-corrected chi connectivity index (χ1v) is 11.8. The maximum absolute atomic E-state index is 12.9. The van der Waals surface area contributed by atoms with Gasteiger partial charge in [-0.1, -0.05) is 37.5 Å². The topological polar surface area (TPSA) is 66.3 Å². The summed E-state index contributed by atoms with van der Waals surface area (Å²) < 4.78 is 2.04. The highest BCUT2D eigenvalue weighted by molar-refractivity contribution is 5.83. The molecular formula is C25H32N6O. The fourth-order valence-electron chi connectivity index (χ4n) is 4.92. The predicted molar refractivity (Wildman–Crippen MR) is 128 cm³/mol. The van der Waals surface area contributed by atoms with Crippen LogP contribution in [-0.4, -0.2) is 57.6 Å². The molecule has 2 aliphatic rings. The Hall–Kier alpha value is -3.09. The molecule has 1 N–H and O–H groups in total. The van der Waals surface area contributed by atoms with Crippen LogP contribution in [-0.2, 0) is 11.3 Å². The molecular weight excluding hydrogens is 400 g/mol. The van der Waals surface area contributed by atoms with Gasteiger partial charge in [0.05, 0.1) is 0 Å². The van der Waals surface area contributed by atoms with Crippen molar-refractivity contribution in [1.82, 2.24) is 19.4 Å². The second-order valence-electron chi connectivity index (χ2n) is 9.04. The third-order valence-electron chi connectivity index (χ3n) is 6.72. The fourth-order valence-corrected chi connectivity index (χ4v) is 4.92. The van der Waals surface area contributed by atoms with E-state index in [9.17, 15) is 4.79 Å². The number of nitrogens with one attached hydrogen (secondary N) is 1. The lowest BCUT2D eigenvalue weighted by molar-refractivity contribution is -0.132. The van der Waals surface area contributed by atoms with E-state index in [0.29, 0.717) is 25.7 Å². The molecule has 0 atom stereocenters. The summed E-state index contributed by atoms with van der Waals surface area (Å²) in [5.41, 5.74) is 2.08. The lowest BCUT2D eigenvalue weighted by Crippen LogP contribution is -2.49. The molecule has 1 aliphatic heterocycles. The molecule has 5 rings (SSSR count). The van der Waals surface area contributed by atoms with Crippen LogP contribution >= 0.6 is 0 Å². The van der Waals surface area contributed by atoms with Gasteiger partial charge in [-0.25, -0.2) is 4.98 Å². The maximum Gasteiger partial charge on any atom is 0.242 e. The summed E-state index contributed by atoms with van der Waals surface area (Å²) >= 11 is 0. The first kappa shape index (κ1) is 20.8. The van der Waals surface area contributed by atoms with Crippen LogP contribution in [0, 0.1) is 6.92 Å². The molecule has 1 saturated heterocycles. The Kier molecular flexibility index (Phi) is 5.97. The first-order valence-electron chi connectivity index (χ1n) is 11.8. The molecule has 3 aromatic rings. The van der Waals surface area contributed by atoms with Crippen molar-refractivity contribution in [3.05, 3.63) is 48.3 Å². The number of para-hydroxylation sites is 1. The van der Waals surface area contributed by atoms with Crippen LogP contribution in [0.1, 0.15) is 37.8 Å². The molecule has 1 saturated carbocycles. The molecule has 7 nitrogen and oxygen atoms in total. The fraction of sp³-hybridized carbons (Fsp3) is 0.480. The Balaban J connectivity index is 1.20. The van der Waals surface area contributed by atoms with Crippen LogP contribution in [0.15, 0.2) is 42.6 Å². The Morgan fingerprint density at radius 1 is 1.03 bits per heavy atom. The van der Waals surface area contributed by atoms with Crippen LogP contribution in [0.25, 0.3) is 10.9 Å². The number of nitrogens with zero attached hydrogens (tertiary/aromatic N) is 5. The van der Waals surface area contributed by atoms with Crippen LogP contribution in [0.4, 0.5) is 11.8 Å². The molecule has 1 amide bonds. The van der Waals surface area contributed by atoms with Gasteiger partial charge in [-0.2, -0.15) is 4.98 Å². The second-order valence-corrected chi connectivity index (χ2v) is 9.04. The van der Waals surface area contributed by atoms with Crippen molar-refractivity contribution in [1.29, 1.82) is 0 Å². The summed E-state index contributed by atoms with van der Waals surface area (Å²) in [5.74, 6) is 1.87. The molecule has 0 radical (unpaired) electrons. The standard InChI is InChI=1S/C25H32N6O/c1-19-17-23(28-25(26-19)27-21-8-3-2-4-9-21)29-13-15-30(16-14-29)24(32)18-31-12-11-20-7-5-6-10-22(20)31/h5-7,10-12,17,21H,2-4,8-9,13-16,18H2,1H3,(H,26,27,28). The number of fused-ring (bicyclic) bond motifs is 1. The molecule has 32 heavy (non-hydrogen) atoms. The minimum Gasteiger partial charge on any atom is -0.353 e. The molecule has 168 valence electrons. The number of piperazine rings is 1. The van der Waals surface area contributed by atoms with Gasteiger partial charge in [-0.15, -0.1) is 0 Å². The molecule has 7 heteroatoms. The zero-order valence-corrected chi connectivity index (χ0v) is 18.8. The minimum absolute atomic E-state index is 0.171. The van der Waals surface area contributed by atoms with Crippen LogP contribution < -0.4 is 10.2 Å². The van der Waals surface area contributed by atoms with E-state index in [4.69, 9.17) is 4.98 Å². The average molecular weight is 433 g/mol. The molecule has 1 aromatic carbocycles. The van der Waals surface area contributed by atoms with E-state index in [1.54, 1.807) is 0 Å². The van der Waals surface area contributed by atoms with Crippen LogP contribution in [0.2, 0.25) is 0 Å². The number of amides is 1. The Morgan fingerprint density at radius 3 is 2.62 bits per heavy atom. The lowest BCUT2D eigenvalue weighted by atomic mass is 9.96. The van der Waals surface area contributed by atoms with Gasteiger partial charge in [-0.3, -0.25) is 4.79 Å². The van der Waals surface area contributed by atoms with Gasteiger partial charge in [0, 0.05) is 55.7 Å². The molecule has 2 fully saturated rings. The summed E-state index contributed by atoms with van der Waals surface area (Å²) in [5, 5.41) is 4.72. The second kappa shape index (κ2) is 9.18. The van der Waals surface area contributed by atoms with E-state index >= 15 is 0 Å². The largest absolute Gasteiger partial charge is 0.353 e. The number of carbonyl (C=O) groups excluding carboxylic acids is 1. The molecule has 2 aromatic heterocycles. The summed E-state index contributed by atoms with van der Waals surface area (Å²) in [6.07, 6.45) is 8.30. The van der Waals surface area contributed by atoms with Crippen molar-refractivity contribution in [2.75, 3.05) is 36.4 Å². The highest BCUT2D eigenvalue weighted by Crippen LogP contribution is 2.23. The van der Waals surface area contributed by atoms with E-state index in [0.717, 1.165) is 36.1 Å². The third kappa shape index (κ3) is 4.56. The number of rotatable bonds is 5. The molecule has 0 bridgehead atoms. The van der Waals surface area contributed by atoms with Gasteiger partial charge in [0.1, 0.15) is 12.4 Å². The number of aryl methyl sites for hydroxylation is 1. The average Bonchev–Trinajstić information content (AvgIpc) is 3.22. The van der Waals surface area contributed by atoms with E-state index in [2.05, 4.69) is 39.5 Å². The van der Waals surface area contributed by atoms with Gasteiger partial charge in [0.25, 0.3) is 0 Å². The Bertz CT molecular complexity index is 1080. The molecule has 3 heterocycles. The van der Waals surface area contributed by atoms with Crippen LogP contribution in [0.5, 0.6) is 0 Å². The SMILES string of the molecule is Cc1cc(N2CCN(C(=O)Cn3ccc4ccccc43)CC2)nc(NC2CCCCC2)n1. The number of carbonyl (C=O) groups is 1. The lowest BCUT2D eigenvalue weighted by Gasteiger charge is -2.35. The Labute approximate surface area is 189 Å². The molecule has 1 aliphatic carbocycles. The smallest absolute Gasteiger partial charge is 0.242 e. The summed E-state index contributed by atoms with van der Waals surface area (Å²) in [6.45, 7) is 5.42. The van der Waals surface area contributed by atoms with Crippen molar-refractivity contribution in [3.63, 3.8) is 0 Å². The predicted octanol–water partition coefficient (Wildman–Crippen LogP) is 3.83. The first-order chi connectivity index (χ1) is 15.7. The van der Waals surface area contributed by atoms with Crippen molar-refractivity contribution in [2.45, 2.75) is 51.6 Å². The van der Waals surface area contributed by atoms with Gasteiger partial charge in [0.2, 0.25) is 11.9 Å². The highest BCUT2D eigenvalue weighted by atomic mass is 16.2. The number of benzene rings is 1. The van der Waals surface area contributed by atoms with Crippen molar-refractivity contribution in [3.8, 4) is 0 Å². The summed E-state index contributed by atoms with van der Waals surface area (Å²) in [7, 11) is 0. The summed E-state index contributed by atoms with van der Waals surface area (Å²) in [6, 6.07) is 12.8. The highest BCUT2D eigenvalue weighted by Gasteiger charge is 2.23. The van der Waals surface area contributed by atoms with Crippen molar-refractivity contribution >= 4 is 28.6 Å². The third-order valence-corrected chi connectivity index (χ3v) is 6.72. The van der Waals surface area contributed by atoms with Gasteiger partial charge in [-0.05, 0) is 37.3 Å². The minimum atomic E-state index is 0.171. The van der Waals surface area contributed by atoms with Gasteiger partial charge < -0.3 is 19.7 Å². The van der Waals surface area contributed by atoms with E-state index < -0.39 is 0 Å². The van der Waals surface area contributed by atoms with Gasteiger partial charge >= 0.3 is 0 Å². The Morgan fingerprint density at radius 2 is 1.81 bits per heavy atom. The quantitative estimate of drug-likeness (QED) is 0.664. The number of hydrogen-bond donors (Lipinski definition) is 1. The summed E-state index contributed by atoms with van der Waals surface area (Å²) in [4.78, 5) is 26.6. The monoisotopic (exact) mass is 432 g/mol. The number of aromatic nitrogens is 3. The molecule has 0 spiro atoms. The maximum atomic E-state index is 12.9. The zero-order valence-electron chi connectivity index (χ0n) is 18.8. The van der Waals surface area contributed by atoms with Crippen molar-refractivity contribution < 1.29 is 4.79 Å². The molecule has 0 unspecified atom stereocenters. The van der Waals surface area contributed by atoms with Crippen molar-refractivity contribution in [2.24, 2.45) is 0 Å².